The second kappa shape index (κ2) is 8.41. The molecule has 0 bridgehead atoms. The number of aryl methyl sites for hydroxylation is 1. The predicted octanol–water partition coefficient (Wildman–Crippen LogP) is 3.28. The van der Waals surface area contributed by atoms with Crippen molar-refractivity contribution in [3.63, 3.8) is 0 Å². The second-order valence-electron chi connectivity index (χ2n) is 6.58. The molecular weight excluding hydrogens is 374 g/mol. The van der Waals surface area contributed by atoms with Gasteiger partial charge >= 0.3 is 0 Å². The molecule has 28 heavy (non-hydrogen) atoms. The summed E-state index contributed by atoms with van der Waals surface area (Å²) in [5.41, 5.74) is 3.82. The fourth-order valence-corrected chi connectivity index (χ4v) is 3.91. The molecular formula is C21H23N3O3S. The molecule has 0 unspecified atom stereocenters. The van der Waals surface area contributed by atoms with Gasteiger partial charge in [0, 0.05) is 31.0 Å². The zero-order chi connectivity index (χ0) is 20.1. The van der Waals surface area contributed by atoms with E-state index in [4.69, 9.17) is 0 Å². The predicted molar refractivity (Wildman–Crippen MR) is 109 cm³/mol. The van der Waals surface area contributed by atoms with Crippen LogP contribution >= 0.6 is 0 Å². The Morgan fingerprint density at radius 1 is 1.00 bits per heavy atom. The molecule has 146 valence electrons. The number of sulfonamides is 1. The molecule has 1 amide bonds. The Balaban J connectivity index is 1.69. The summed E-state index contributed by atoms with van der Waals surface area (Å²) < 4.78 is 29.8. The number of hydrogen-bond donors (Lipinski definition) is 2. The number of anilines is 1. The van der Waals surface area contributed by atoms with Gasteiger partial charge in [-0.15, -0.1) is 0 Å². The third-order valence-electron chi connectivity index (χ3n) is 4.45. The van der Waals surface area contributed by atoms with E-state index in [1.165, 1.54) is 30.2 Å². The minimum atomic E-state index is -3.66. The maximum Gasteiger partial charge on any atom is 0.240 e. The van der Waals surface area contributed by atoms with Crippen LogP contribution in [0.3, 0.4) is 0 Å². The van der Waals surface area contributed by atoms with Gasteiger partial charge in [0.15, 0.2) is 0 Å². The molecule has 1 aromatic heterocycles. The second-order valence-corrected chi connectivity index (χ2v) is 8.35. The SMILES string of the molecule is CC(=O)Nc1ccc(S(=O)(=O)NCc2cccn2Cc2ccccc2C)cc1. The van der Waals surface area contributed by atoms with E-state index in [9.17, 15) is 13.2 Å². The number of benzene rings is 2. The molecule has 0 aliphatic rings. The van der Waals surface area contributed by atoms with Crippen molar-refractivity contribution >= 4 is 21.6 Å². The summed E-state index contributed by atoms with van der Waals surface area (Å²) in [5, 5.41) is 2.62. The molecule has 0 spiro atoms. The molecule has 3 aromatic rings. The van der Waals surface area contributed by atoms with Crippen molar-refractivity contribution in [2.75, 3.05) is 5.32 Å². The number of carbonyl (C=O) groups is 1. The normalized spacial score (nSPS) is 11.4. The molecule has 2 aromatic carbocycles. The van der Waals surface area contributed by atoms with Crippen molar-refractivity contribution in [3.8, 4) is 0 Å². The van der Waals surface area contributed by atoms with E-state index >= 15 is 0 Å². The Labute approximate surface area is 165 Å². The number of nitrogens with one attached hydrogen (secondary N) is 2. The van der Waals surface area contributed by atoms with E-state index < -0.39 is 10.0 Å². The first-order chi connectivity index (χ1) is 13.3. The lowest BCUT2D eigenvalue weighted by molar-refractivity contribution is -0.114. The Morgan fingerprint density at radius 2 is 1.71 bits per heavy atom. The van der Waals surface area contributed by atoms with Gasteiger partial charge in [0.05, 0.1) is 11.4 Å². The number of amides is 1. The highest BCUT2D eigenvalue weighted by Gasteiger charge is 2.15. The van der Waals surface area contributed by atoms with Gasteiger partial charge in [0.2, 0.25) is 15.9 Å². The molecule has 2 N–H and O–H groups in total. The number of carbonyl (C=O) groups excluding carboxylic acids is 1. The maximum atomic E-state index is 12.6. The van der Waals surface area contributed by atoms with Crippen LogP contribution in [0.5, 0.6) is 0 Å². The van der Waals surface area contributed by atoms with Crippen LogP contribution in [-0.4, -0.2) is 18.9 Å². The van der Waals surface area contributed by atoms with Crippen molar-refractivity contribution in [1.29, 1.82) is 0 Å². The fourth-order valence-electron chi connectivity index (χ4n) is 2.91. The highest BCUT2D eigenvalue weighted by molar-refractivity contribution is 7.89. The van der Waals surface area contributed by atoms with Gasteiger partial charge in [-0.25, -0.2) is 13.1 Å². The first-order valence-electron chi connectivity index (χ1n) is 8.91. The minimum absolute atomic E-state index is 0.151. The van der Waals surface area contributed by atoms with Gasteiger partial charge in [-0.2, -0.15) is 0 Å². The van der Waals surface area contributed by atoms with Gasteiger partial charge in [-0.3, -0.25) is 4.79 Å². The third kappa shape index (κ3) is 4.88. The van der Waals surface area contributed by atoms with E-state index in [0.717, 1.165) is 5.69 Å². The highest BCUT2D eigenvalue weighted by atomic mass is 32.2. The molecule has 6 nitrogen and oxygen atoms in total. The summed E-state index contributed by atoms with van der Waals surface area (Å²) in [6.45, 7) is 4.33. The molecule has 0 radical (unpaired) electrons. The lowest BCUT2D eigenvalue weighted by Gasteiger charge is -2.13. The Hall–Kier alpha value is -2.90. The van der Waals surface area contributed by atoms with Crippen LogP contribution in [0, 0.1) is 6.92 Å². The number of nitrogens with zero attached hydrogens (tertiary/aromatic N) is 1. The van der Waals surface area contributed by atoms with Gasteiger partial charge < -0.3 is 9.88 Å². The van der Waals surface area contributed by atoms with Gasteiger partial charge in [-0.1, -0.05) is 24.3 Å². The lowest BCUT2D eigenvalue weighted by Crippen LogP contribution is -2.24. The Morgan fingerprint density at radius 3 is 2.39 bits per heavy atom. The monoisotopic (exact) mass is 397 g/mol. The zero-order valence-corrected chi connectivity index (χ0v) is 16.7. The molecule has 3 rings (SSSR count). The number of rotatable bonds is 7. The molecule has 0 saturated heterocycles. The molecule has 0 atom stereocenters. The van der Waals surface area contributed by atoms with E-state index in [2.05, 4.69) is 29.1 Å². The van der Waals surface area contributed by atoms with Crippen molar-refractivity contribution in [2.24, 2.45) is 0 Å². The van der Waals surface area contributed by atoms with Crippen molar-refractivity contribution < 1.29 is 13.2 Å². The molecule has 1 heterocycles. The summed E-state index contributed by atoms with van der Waals surface area (Å²) in [6.07, 6.45) is 1.94. The van der Waals surface area contributed by atoms with Crippen LogP contribution in [0.25, 0.3) is 0 Å². The Kier molecular flexibility index (Phi) is 5.96. The summed E-state index contributed by atoms with van der Waals surface area (Å²) >= 11 is 0. The quantitative estimate of drug-likeness (QED) is 0.642. The van der Waals surface area contributed by atoms with E-state index in [1.807, 2.05) is 35.0 Å². The Bertz CT molecular complexity index is 1070. The summed E-state index contributed by atoms with van der Waals surface area (Å²) in [6, 6.07) is 18.0. The average molecular weight is 398 g/mol. The topological polar surface area (TPSA) is 80.2 Å². The highest BCUT2D eigenvalue weighted by Crippen LogP contribution is 2.16. The van der Waals surface area contributed by atoms with E-state index in [-0.39, 0.29) is 17.3 Å². The molecule has 0 aliphatic heterocycles. The largest absolute Gasteiger partial charge is 0.346 e. The standard InChI is InChI=1S/C21H23N3O3S/c1-16-6-3-4-7-18(16)15-24-13-5-8-20(24)14-22-28(26,27)21-11-9-19(10-12-21)23-17(2)25/h3-13,22H,14-15H2,1-2H3,(H,23,25). The van der Waals surface area contributed by atoms with Crippen LogP contribution in [0.4, 0.5) is 5.69 Å². The average Bonchev–Trinajstić information content (AvgIpc) is 3.09. The number of aromatic nitrogens is 1. The summed E-state index contributed by atoms with van der Waals surface area (Å²) in [5.74, 6) is -0.205. The van der Waals surface area contributed by atoms with Crippen LogP contribution in [-0.2, 0) is 27.9 Å². The maximum absolute atomic E-state index is 12.6. The smallest absolute Gasteiger partial charge is 0.240 e. The van der Waals surface area contributed by atoms with Crippen molar-refractivity contribution in [3.05, 3.63) is 83.7 Å². The fraction of sp³-hybridized carbons (Fsp3) is 0.190. The third-order valence-corrected chi connectivity index (χ3v) is 5.87. The van der Waals surface area contributed by atoms with Gasteiger partial charge in [0.1, 0.15) is 0 Å². The van der Waals surface area contributed by atoms with Gasteiger partial charge in [0.25, 0.3) is 0 Å². The molecule has 0 fully saturated rings. The summed E-state index contributed by atoms with van der Waals surface area (Å²) in [7, 11) is -3.66. The first-order valence-corrected chi connectivity index (χ1v) is 10.4. The van der Waals surface area contributed by atoms with E-state index in [0.29, 0.717) is 12.2 Å². The molecule has 0 aliphatic carbocycles. The van der Waals surface area contributed by atoms with Crippen LogP contribution in [0.1, 0.15) is 23.7 Å². The molecule has 0 saturated carbocycles. The van der Waals surface area contributed by atoms with Crippen molar-refractivity contribution in [1.82, 2.24) is 9.29 Å². The van der Waals surface area contributed by atoms with Crippen LogP contribution in [0.2, 0.25) is 0 Å². The van der Waals surface area contributed by atoms with Gasteiger partial charge in [-0.05, 0) is 54.4 Å². The summed E-state index contributed by atoms with van der Waals surface area (Å²) in [4.78, 5) is 11.2. The van der Waals surface area contributed by atoms with Crippen molar-refractivity contribution in [2.45, 2.75) is 31.8 Å². The first kappa shape index (κ1) is 19.9. The minimum Gasteiger partial charge on any atom is -0.346 e. The van der Waals surface area contributed by atoms with Crippen LogP contribution < -0.4 is 10.0 Å². The number of hydrogen-bond acceptors (Lipinski definition) is 3. The van der Waals surface area contributed by atoms with E-state index in [1.54, 1.807) is 12.1 Å². The van der Waals surface area contributed by atoms with Crippen LogP contribution in [0.15, 0.2) is 71.8 Å². The zero-order valence-electron chi connectivity index (χ0n) is 15.8. The molecule has 7 heteroatoms. The lowest BCUT2D eigenvalue weighted by atomic mass is 10.1.